The highest BCUT2D eigenvalue weighted by atomic mass is 79.9. The van der Waals surface area contributed by atoms with Gasteiger partial charge in [-0.2, -0.15) is 0 Å². The van der Waals surface area contributed by atoms with Gasteiger partial charge in [-0.3, -0.25) is 0 Å². The van der Waals surface area contributed by atoms with Crippen molar-refractivity contribution in [2.24, 2.45) is 0 Å². The molecule has 0 aliphatic carbocycles. The van der Waals surface area contributed by atoms with E-state index in [9.17, 15) is 0 Å². The molecule has 0 saturated carbocycles. The molecule has 0 saturated heterocycles. The number of anilines is 1. The number of nitrogens with one attached hydrogen (secondary N) is 1. The fraction of sp³-hybridized carbons (Fsp3) is 0.263. The van der Waals surface area contributed by atoms with Crippen molar-refractivity contribution in [3.8, 4) is 17.2 Å². The summed E-state index contributed by atoms with van der Waals surface area (Å²) in [5, 5.41) is 4.35. The van der Waals surface area contributed by atoms with E-state index in [1.807, 2.05) is 30.3 Å². The van der Waals surface area contributed by atoms with Crippen LogP contribution < -0.4 is 19.5 Å². The summed E-state index contributed by atoms with van der Waals surface area (Å²) in [7, 11) is 4.84. The average Bonchev–Trinajstić information content (AvgIpc) is 2.67. The zero-order valence-corrected chi connectivity index (χ0v) is 16.5. The van der Waals surface area contributed by atoms with E-state index in [0.717, 1.165) is 33.2 Å². The molecule has 2 aromatic carbocycles. The molecule has 0 amide bonds. The van der Waals surface area contributed by atoms with E-state index in [1.165, 1.54) is 0 Å². The number of hydrogen-bond donors (Lipinski definition) is 1. The second-order valence-corrected chi connectivity index (χ2v) is 6.47. The van der Waals surface area contributed by atoms with Gasteiger partial charge in [0.25, 0.3) is 0 Å². The molecular formula is C19H20BrN3O3. The van der Waals surface area contributed by atoms with Crippen LogP contribution in [-0.2, 0) is 6.42 Å². The Hall–Kier alpha value is -2.54. The van der Waals surface area contributed by atoms with Crippen molar-refractivity contribution >= 4 is 32.7 Å². The van der Waals surface area contributed by atoms with Gasteiger partial charge in [0.05, 0.1) is 26.8 Å². The third-order valence-electron chi connectivity index (χ3n) is 4.07. The van der Waals surface area contributed by atoms with E-state index in [-0.39, 0.29) is 0 Å². The molecular weight excluding hydrogens is 398 g/mol. The van der Waals surface area contributed by atoms with Crippen LogP contribution in [0, 0.1) is 0 Å². The van der Waals surface area contributed by atoms with Crippen molar-refractivity contribution in [3.63, 3.8) is 0 Å². The van der Waals surface area contributed by atoms with Gasteiger partial charge in [0.1, 0.15) is 12.1 Å². The van der Waals surface area contributed by atoms with Gasteiger partial charge in [0, 0.05) is 22.0 Å². The van der Waals surface area contributed by atoms with Crippen LogP contribution in [0.5, 0.6) is 17.2 Å². The lowest BCUT2D eigenvalue weighted by molar-refractivity contribution is 0.322. The number of methoxy groups -OCH3 is 3. The maximum absolute atomic E-state index is 5.53. The molecule has 1 N–H and O–H groups in total. The molecule has 0 spiro atoms. The standard InChI is InChI=1S/C19H20BrN3O3/c1-24-16-7-4-12(17(25-2)18(16)26-3)8-9-21-19-14-10-13(20)5-6-15(14)22-11-23-19/h4-7,10-11H,8-9H2,1-3H3,(H,21,22,23). The molecule has 136 valence electrons. The minimum Gasteiger partial charge on any atom is -0.493 e. The summed E-state index contributed by atoms with van der Waals surface area (Å²) in [4.78, 5) is 8.66. The summed E-state index contributed by atoms with van der Waals surface area (Å²) in [5.41, 5.74) is 1.92. The Labute approximate surface area is 160 Å². The summed E-state index contributed by atoms with van der Waals surface area (Å²) in [6.07, 6.45) is 2.30. The number of halogens is 1. The quantitative estimate of drug-likeness (QED) is 0.624. The molecule has 0 fully saturated rings. The number of nitrogens with zero attached hydrogens (tertiary/aromatic N) is 2. The fourth-order valence-electron chi connectivity index (χ4n) is 2.85. The predicted molar refractivity (Wildman–Crippen MR) is 106 cm³/mol. The lowest BCUT2D eigenvalue weighted by Crippen LogP contribution is -2.08. The zero-order valence-electron chi connectivity index (χ0n) is 14.9. The summed E-state index contributed by atoms with van der Waals surface area (Å²) in [6, 6.07) is 9.80. The van der Waals surface area contributed by atoms with Crippen LogP contribution >= 0.6 is 15.9 Å². The first kappa shape index (κ1) is 18.3. The maximum Gasteiger partial charge on any atom is 0.203 e. The number of hydrogen-bond acceptors (Lipinski definition) is 6. The van der Waals surface area contributed by atoms with Crippen LogP contribution in [0.2, 0.25) is 0 Å². The Morgan fingerprint density at radius 2 is 1.77 bits per heavy atom. The van der Waals surface area contributed by atoms with Gasteiger partial charge in [-0.25, -0.2) is 9.97 Å². The lowest BCUT2D eigenvalue weighted by Gasteiger charge is -2.16. The molecule has 0 bridgehead atoms. The second-order valence-electron chi connectivity index (χ2n) is 5.55. The Bertz CT molecular complexity index is 918. The van der Waals surface area contributed by atoms with Crippen LogP contribution in [-0.4, -0.2) is 37.8 Å². The molecule has 26 heavy (non-hydrogen) atoms. The minimum absolute atomic E-state index is 0.601. The van der Waals surface area contributed by atoms with Gasteiger partial charge in [0.2, 0.25) is 5.75 Å². The minimum atomic E-state index is 0.601. The molecule has 0 atom stereocenters. The first-order valence-corrected chi connectivity index (χ1v) is 8.89. The van der Waals surface area contributed by atoms with Crippen LogP contribution in [0.1, 0.15) is 5.56 Å². The van der Waals surface area contributed by atoms with Crippen LogP contribution in [0.4, 0.5) is 5.82 Å². The first-order valence-electron chi connectivity index (χ1n) is 8.10. The molecule has 0 unspecified atom stereocenters. The van der Waals surface area contributed by atoms with Gasteiger partial charge < -0.3 is 19.5 Å². The van der Waals surface area contributed by atoms with Gasteiger partial charge in [-0.05, 0) is 30.7 Å². The van der Waals surface area contributed by atoms with E-state index in [0.29, 0.717) is 23.8 Å². The third-order valence-corrected chi connectivity index (χ3v) is 4.56. The van der Waals surface area contributed by atoms with Gasteiger partial charge in [0.15, 0.2) is 11.5 Å². The van der Waals surface area contributed by atoms with E-state index in [1.54, 1.807) is 27.7 Å². The van der Waals surface area contributed by atoms with Gasteiger partial charge >= 0.3 is 0 Å². The monoisotopic (exact) mass is 417 g/mol. The van der Waals surface area contributed by atoms with Crippen LogP contribution in [0.25, 0.3) is 10.9 Å². The van der Waals surface area contributed by atoms with Crippen molar-refractivity contribution in [2.75, 3.05) is 33.2 Å². The molecule has 1 heterocycles. The third kappa shape index (κ3) is 3.67. The molecule has 0 aliphatic rings. The summed E-state index contributed by atoms with van der Waals surface area (Å²) in [6.45, 7) is 0.685. The topological polar surface area (TPSA) is 65.5 Å². The van der Waals surface area contributed by atoms with Crippen molar-refractivity contribution in [1.82, 2.24) is 9.97 Å². The largest absolute Gasteiger partial charge is 0.493 e. The number of ether oxygens (including phenoxy) is 3. The molecule has 0 aliphatic heterocycles. The molecule has 6 nitrogen and oxygen atoms in total. The average molecular weight is 418 g/mol. The van der Waals surface area contributed by atoms with Crippen molar-refractivity contribution < 1.29 is 14.2 Å². The highest BCUT2D eigenvalue weighted by Crippen LogP contribution is 2.39. The lowest BCUT2D eigenvalue weighted by atomic mass is 10.1. The van der Waals surface area contributed by atoms with Crippen LogP contribution in [0.3, 0.4) is 0 Å². The number of fused-ring (bicyclic) bond motifs is 1. The van der Waals surface area contributed by atoms with E-state index in [2.05, 4.69) is 31.2 Å². The Morgan fingerprint density at radius 3 is 2.50 bits per heavy atom. The summed E-state index contributed by atoms with van der Waals surface area (Å²) >= 11 is 3.49. The Balaban J connectivity index is 1.79. The highest BCUT2D eigenvalue weighted by molar-refractivity contribution is 9.10. The Kier molecular flexibility index (Phi) is 5.78. The summed E-state index contributed by atoms with van der Waals surface area (Å²) < 4.78 is 17.3. The zero-order chi connectivity index (χ0) is 18.5. The van der Waals surface area contributed by atoms with Gasteiger partial charge in [-0.15, -0.1) is 0 Å². The number of aromatic nitrogens is 2. The normalized spacial score (nSPS) is 10.6. The fourth-order valence-corrected chi connectivity index (χ4v) is 3.21. The van der Waals surface area contributed by atoms with E-state index in [4.69, 9.17) is 14.2 Å². The molecule has 3 rings (SSSR count). The van der Waals surface area contributed by atoms with E-state index < -0.39 is 0 Å². The summed E-state index contributed by atoms with van der Waals surface area (Å²) in [5.74, 6) is 2.73. The highest BCUT2D eigenvalue weighted by Gasteiger charge is 2.15. The SMILES string of the molecule is COc1ccc(CCNc2ncnc3ccc(Br)cc23)c(OC)c1OC. The first-order chi connectivity index (χ1) is 12.7. The maximum atomic E-state index is 5.53. The van der Waals surface area contributed by atoms with Crippen molar-refractivity contribution in [2.45, 2.75) is 6.42 Å². The van der Waals surface area contributed by atoms with Crippen molar-refractivity contribution in [3.05, 3.63) is 46.7 Å². The van der Waals surface area contributed by atoms with Gasteiger partial charge in [-0.1, -0.05) is 22.0 Å². The van der Waals surface area contributed by atoms with E-state index >= 15 is 0 Å². The second kappa shape index (κ2) is 8.23. The molecule has 1 aromatic heterocycles. The molecule has 3 aromatic rings. The van der Waals surface area contributed by atoms with Crippen molar-refractivity contribution in [1.29, 1.82) is 0 Å². The molecule has 7 heteroatoms. The predicted octanol–water partition coefficient (Wildman–Crippen LogP) is 4.07. The Morgan fingerprint density at radius 1 is 0.962 bits per heavy atom. The molecule has 0 radical (unpaired) electrons. The number of rotatable bonds is 7. The van der Waals surface area contributed by atoms with Crippen LogP contribution in [0.15, 0.2) is 41.1 Å². The smallest absolute Gasteiger partial charge is 0.203 e. The number of benzene rings is 2.